The Balaban J connectivity index is 1.74. The molecule has 0 fully saturated rings. The first-order valence-corrected chi connectivity index (χ1v) is 9.48. The molecule has 2 N–H and O–H groups in total. The van der Waals surface area contributed by atoms with E-state index in [1.807, 2.05) is 78.9 Å². The largest absolute Gasteiger partial charge is 0.489 e. The zero-order valence-electron chi connectivity index (χ0n) is 14.8. The van der Waals surface area contributed by atoms with Crippen LogP contribution in [0.4, 0.5) is 0 Å². The summed E-state index contributed by atoms with van der Waals surface area (Å²) in [5, 5.41) is 20.0. The van der Waals surface area contributed by atoms with E-state index in [2.05, 4.69) is 15.9 Å². The van der Waals surface area contributed by atoms with E-state index in [1.54, 1.807) is 6.08 Å². The van der Waals surface area contributed by atoms with Crippen molar-refractivity contribution in [3.8, 4) is 5.75 Å². The molecule has 138 valence electrons. The molecule has 3 rings (SSSR count). The summed E-state index contributed by atoms with van der Waals surface area (Å²) in [6.07, 6.45) is 2.72. The van der Waals surface area contributed by atoms with Gasteiger partial charge in [0.2, 0.25) is 0 Å². The predicted molar refractivity (Wildman–Crippen MR) is 111 cm³/mol. The van der Waals surface area contributed by atoms with Crippen LogP contribution in [0.15, 0.2) is 83.3 Å². The van der Waals surface area contributed by atoms with Crippen molar-refractivity contribution in [1.29, 1.82) is 0 Å². The third kappa shape index (κ3) is 5.30. The standard InChI is InChI=1S/C23H21BrO3/c24-22-12-11-20(27-16-17-6-2-1-3-7-17)14-21(22)23(26)13-10-18-8-4-5-9-19(18)15-25/h1-14,23,25-26H,15-16H2/b13-10+. The maximum Gasteiger partial charge on any atom is 0.120 e. The summed E-state index contributed by atoms with van der Waals surface area (Å²) >= 11 is 3.49. The Morgan fingerprint density at radius 3 is 2.48 bits per heavy atom. The van der Waals surface area contributed by atoms with E-state index in [-0.39, 0.29) is 6.61 Å². The summed E-state index contributed by atoms with van der Waals surface area (Å²) in [7, 11) is 0. The minimum Gasteiger partial charge on any atom is -0.489 e. The Labute approximate surface area is 167 Å². The molecule has 0 aromatic heterocycles. The smallest absolute Gasteiger partial charge is 0.120 e. The molecule has 27 heavy (non-hydrogen) atoms. The van der Waals surface area contributed by atoms with Crippen molar-refractivity contribution < 1.29 is 14.9 Å². The van der Waals surface area contributed by atoms with E-state index in [1.165, 1.54) is 0 Å². The molecule has 0 saturated heterocycles. The summed E-state index contributed by atoms with van der Waals surface area (Å²) in [6, 6.07) is 23.1. The van der Waals surface area contributed by atoms with Gasteiger partial charge in [-0.25, -0.2) is 0 Å². The van der Waals surface area contributed by atoms with Gasteiger partial charge in [0, 0.05) is 10.0 Å². The Morgan fingerprint density at radius 1 is 0.963 bits per heavy atom. The van der Waals surface area contributed by atoms with Crippen LogP contribution in [-0.2, 0) is 13.2 Å². The Kier molecular flexibility index (Phi) is 6.82. The summed E-state index contributed by atoms with van der Waals surface area (Å²) in [6.45, 7) is 0.431. The van der Waals surface area contributed by atoms with Gasteiger partial charge in [0.05, 0.1) is 12.7 Å². The SMILES string of the molecule is OCc1ccccc1/C=C/C(O)c1cc(OCc2ccccc2)ccc1Br. The second-order valence-corrected chi connectivity index (χ2v) is 6.97. The molecule has 0 aliphatic rings. The van der Waals surface area contributed by atoms with Crippen LogP contribution >= 0.6 is 15.9 Å². The number of hydrogen-bond donors (Lipinski definition) is 2. The third-order valence-electron chi connectivity index (χ3n) is 4.22. The number of benzene rings is 3. The minimum atomic E-state index is -0.800. The first-order valence-electron chi connectivity index (χ1n) is 8.68. The number of ether oxygens (including phenoxy) is 1. The fourth-order valence-electron chi connectivity index (χ4n) is 2.72. The number of hydrogen-bond acceptors (Lipinski definition) is 3. The monoisotopic (exact) mass is 424 g/mol. The van der Waals surface area contributed by atoms with Crippen LogP contribution < -0.4 is 4.74 Å². The molecule has 0 heterocycles. The zero-order chi connectivity index (χ0) is 19.1. The highest BCUT2D eigenvalue weighted by atomic mass is 79.9. The molecule has 0 saturated carbocycles. The highest BCUT2D eigenvalue weighted by molar-refractivity contribution is 9.10. The van der Waals surface area contributed by atoms with Gasteiger partial charge in [0.25, 0.3) is 0 Å². The van der Waals surface area contributed by atoms with Crippen LogP contribution in [0.3, 0.4) is 0 Å². The first kappa shape index (κ1) is 19.4. The predicted octanol–water partition coefficient (Wildman–Crippen LogP) is 5.27. The molecular formula is C23H21BrO3. The van der Waals surface area contributed by atoms with Gasteiger partial charge in [-0.05, 0) is 34.9 Å². The van der Waals surface area contributed by atoms with Crippen molar-refractivity contribution in [2.75, 3.05) is 0 Å². The number of rotatable bonds is 7. The molecule has 0 bridgehead atoms. The quantitative estimate of drug-likeness (QED) is 0.543. The van der Waals surface area contributed by atoms with Crippen LogP contribution in [0.2, 0.25) is 0 Å². The van der Waals surface area contributed by atoms with E-state index in [9.17, 15) is 10.2 Å². The van der Waals surface area contributed by atoms with Crippen molar-refractivity contribution in [3.05, 3.63) is 106 Å². The Morgan fingerprint density at radius 2 is 1.70 bits per heavy atom. The molecule has 0 radical (unpaired) electrons. The lowest BCUT2D eigenvalue weighted by Crippen LogP contribution is -1.99. The molecule has 0 amide bonds. The van der Waals surface area contributed by atoms with E-state index < -0.39 is 6.10 Å². The molecule has 0 aliphatic carbocycles. The molecule has 3 aromatic rings. The van der Waals surface area contributed by atoms with Crippen molar-refractivity contribution in [3.63, 3.8) is 0 Å². The maximum atomic E-state index is 10.6. The van der Waals surface area contributed by atoms with Crippen molar-refractivity contribution in [1.82, 2.24) is 0 Å². The van der Waals surface area contributed by atoms with E-state index >= 15 is 0 Å². The van der Waals surface area contributed by atoms with Crippen LogP contribution in [0.1, 0.15) is 28.4 Å². The highest BCUT2D eigenvalue weighted by Crippen LogP contribution is 2.29. The maximum absolute atomic E-state index is 10.6. The average Bonchev–Trinajstić information content (AvgIpc) is 2.72. The lowest BCUT2D eigenvalue weighted by Gasteiger charge is -2.13. The van der Waals surface area contributed by atoms with Crippen LogP contribution in [0.25, 0.3) is 6.08 Å². The molecule has 1 unspecified atom stereocenters. The second-order valence-electron chi connectivity index (χ2n) is 6.12. The topological polar surface area (TPSA) is 49.7 Å². The van der Waals surface area contributed by atoms with E-state index in [4.69, 9.17) is 4.74 Å². The first-order chi connectivity index (χ1) is 13.2. The van der Waals surface area contributed by atoms with Crippen LogP contribution in [-0.4, -0.2) is 10.2 Å². The van der Waals surface area contributed by atoms with Crippen molar-refractivity contribution >= 4 is 22.0 Å². The number of aliphatic hydroxyl groups excluding tert-OH is 2. The molecule has 4 heteroatoms. The summed E-state index contributed by atoms with van der Waals surface area (Å²) in [5.74, 6) is 0.695. The van der Waals surface area contributed by atoms with Crippen molar-refractivity contribution in [2.45, 2.75) is 19.3 Å². The molecular weight excluding hydrogens is 404 g/mol. The van der Waals surface area contributed by atoms with Crippen LogP contribution in [0.5, 0.6) is 5.75 Å². The fourth-order valence-corrected chi connectivity index (χ4v) is 3.20. The van der Waals surface area contributed by atoms with Crippen molar-refractivity contribution in [2.24, 2.45) is 0 Å². The average molecular weight is 425 g/mol. The highest BCUT2D eigenvalue weighted by Gasteiger charge is 2.10. The van der Waals surface area contributed by atoms with Gasteiger partial charge in [-0.2, -0.15) is 0 Å². The Hall–Kier alpha value is -2.40. The molecule has 0 aliphatic heterocycles. The van der Waals surface area contributed by atoms with Gasteiger partial charge in [0.15, 0.2) is 0 Å². The molecule has 3 nitrogen and oxygen atoms in total. The summed E-state index contributed by atoms with van der Waals surface area (Å²) in [5.41, 5.74) is 3.51. The van der Waals surface area contributed by atoms with Gasteiger partial charge < -0.3 is 14.9 Å². The molecule has 0 spiro atoms. The van der Waals surface area contributed by atoms with Gasteiger partial charge in [0.1, 0.15) is 12.4 Å². The van der Waals surface area contributed by atoms with E-state index in [0.29, 0.717) is 12.4 Å². The lowest BCUT2D eigenvalue weighted by atomic mass is 10.0. The third-order valence-corrected chi connectivity index (χ3v) is 4.94. The number of halogens is 1. The summed E-state index contributed by atoms with van der Waals surface area (Å²) in [4.78, 5) is 0. The van der Waals surface area contributed by atoms with Gasteiger partial charge in [-0.1, -0.05) is 82.7 Å². The van der Waals surface area contributed by atoms with Gasteiger partial charge in [-0.3, -0.25) is 0 Å². The fraction of sp³-hybridized carbons (Fsp3) is 0.130. The zero-order valence-corrected chi connectivity index (χ0v) is 16.3. The number of aliphatic hydroxyl groups is 2. The molecule has 1 atom stereocenters. The summed E-state index contributed by atoms with van der Waals surface area (Å²) < 4.78 is 6.66. The van der Waals surface area contributed by atoms with Crippen LogP contribution in [0, 0.1) is 0 Å². The minimum absolute atomic E-state index is 0.0386. The van der Waals surface area contributed by atoms with E-state index in [0.717, 1.165) is 26.7 Å². The lowest BCUT2D eigenvalue weighted by molar-refractivity contribution is 0.227. The Bertz CT molecular complexity index is 907. The second kappa shape index (κ2) is 9.51. The van der Waals surface area contributed by atoms with Gasteiger partial charge >= 0.3 is 0 Å². The normalized spacial score (nSPS) is 12.3. The molecule has 3 aromatic carbocycles. The van der Waals surface area contributed by atoms with Gasteiger partial charge in [-0.15, -0.1) is 0 Å².